The lowest BCUT2D eigenvalue weighted by Gasteiger charge is -2.35. The first-order chi connectivity index (χ1) is 11.6. The Morgan fingerprint density at radius 1 is 1.08 bits per heavy atom. The van der Waals surface area contributed by atoms with Crippen molar-refractivity contribution in [3.05, 3.63) is 11.6 Å². The van der Waals surface area contributed by atoms with Gasteiger partial charge in [-0.05, 0) is 63.2 Å². The standard InChI is InChI=1S/C18H25F5O2/c1-2-3-12-4-6-13(7-5-12)14-8-10-15(11-9-14)25-16(24)17(19,20)18(21,22)23/h4,13-15H,2-3,5-11H2,1H3. The molecule has 2 aliphatic carbocycles. The van der Waals surface area contributed by atoms with E-state index in [1.165, 1.54) is 5.57 Å². The summed E-state index contributed by atoms with van der Waals surface area (Å²) in [6.07, 6.45) is 3.13. The van der Waals surface area contributed by atoms with E-state index in [9.17, 15) is 26.7 Å². The zero-order chi connectivity index (χ0) is 18.7. The highest BCUT2D eigenvalue weighted by atomic mass is 19.4. The van der Waals surface area contributed by atoms with Crippen LogP contribution in [0.1, 0.15) is 64.7 Å². The minimum Gasteiger partial charge on any atom is -0.458 e. The van der Waals surface area contributed by atoms with E-state index >= 15 is 0 Å². The van der Waals surface area contributed by atoms with Gasteiger partial charge in [-0.25, -0.2) is 4.79 Å². The molecule has 0 amide bonds. The molecular weight excluding hydrogens is 343 g/mol. The Labute approximate surface area is 144 Å². The maximum Gasteiger partial charge on any atom is 0.465 e. The highest BCUT2D eigenvalue weighted by Gasteiger charge is 2.65. The number of allylic oxidation sites excluding steroid dienone is 2. The number of hydrogen-bond acceptors (Lipinski definition) is 2. The molecule has 144 valence electrons. The van der Waals surface area contributed by atoms with Crippen LogP contribution in [-0.2, 0) is 9.53 Å². The molecule has 0 saturated heterocycles. The molecule has 1 atom stereocenters. The van der Waals surface area contributed by atoms with Gasteiger partial charge >= 0.3 is 18.1 Å². The second-order valence-corrected chi connectivity index (χ2v) is 7.16. The molecule has 1 unspecified atom stereocenters. The lowest BCUT2D eigenvalue weighted by Crippen LogP contribution is -2.46. The predicted molar refractivity (Wildman–Crippen MR) is 83.2 cm³/mol. The number of ether oxygens (including phenoxy) is 1. The average Bonchev–Trinajstić information content (AvgIpc) is 2.55. The SMILES string of the molecule is CCCC1=CCC(C2CCC(OC(=O)C(F)(F)C(F)(F)F)CC2)CC1. The zero-order valence-electron chi connectivity index (χ0n) is 14.4. The normalized spacial score (nSPS) is 28.4. The Morgan fingerprint density at radius 3 is 2.20 bits per heavy atom. The van der Waals surface area contributed by atoms with Crippen molar-refractivity contribution in [1.82, 2.24) is 0 Å². The summed E-state index contributed by atoms with van der Waals surface area (Å²) >= 11 is 0. The van der Waals surface area contributed by atoms with E-state index < -0.39 is 24.2 Å². The molecule has 1 saturated carbocycles. The topological polar surface area (TPSA) is 26.3 Å². The molecule has 0 bridgehead atoms. The third kappa shape index (κ3) is 4.94. The first kappa shape index (κ1) is 20.2. The molecule has 0 heterocycles. The molecule has 0 N–H and O–H groups in total. The molecule has 0 spiro atoms. The minimum atomic E-state index is -5.91. The molecule has 0 aromatic carbocycles. The largest absolute Gasteiger partial charge is 0.465 e. The lowest BCUT2D eigenvalue weighted by atomic mass is 9.73. The quantitative estimate of drug-likeness (QED) is 0.348. The summed E-state index contributed by atoms with van der Waals surface area (Å²) in [5.41, 5.74) is 1.50. The fourth-order valence-electron chi connectivity index (χ4n) is 3.90. The van der Waals surface area contributed by atoms with Gasteiger partial charge in [-0.3, -0.25) is 0 Å². The van der Waals surface area contributed by atoms with Crippen LogP contribution >= 0.6 is 0 Å². The van der Waals surface area contributed by atoms with Crippen molar-refractivity contribution in [2.24, 2.45) is 11.8 Å². The summed E-state index contributed by atoms with van der Waals surface area (Å²) in [4.78, 5) is 11.2. The summed E-state index contributed by atoms with van der Waals surface area (Å²) in [5.74, 6) is -6.95. The van der Waals surface area contributed by atoms with Crippen LogP contribution in [0.25, 0.3) is 0 Å². The van der Waals surface area contributed by atoms with Crippen LogP contribution < -0.4 is 0 Å². The van der Waals surface area contributed by atoms with Gasteiger partial charge in [0.05, 0.1) is 0 Å². The van der Waals surface area contributed by atoms with Crippen molar-refractivity contribution < 1.29 is 31.5 Å². The molecule has 1 fully saturated rings. The summed E-state index contributed by atoms with van der Waals surface area (Å²) in [7, 11) is 0. The van der Waals surface area contributed by atoms with Gasteiger partial charge in [-0.15, -0.1) is 0 Å². The predicted octanol–water partition coefficient (Wildman–Crippen LogP) is 5.81. The first-order valence-corrected chi connectivity index (χ1v) is 8.98. The van der Waals surface area contributed by atoms with Gasteiger partial charge in [0.1, 0.15) is 6.10 Å². The first-order valence-electron chi connectivity index (χ1n) is 8.98. The second kappa shape index (κ2) is 8.04. The van der Waals surface area contributed by atoms with Crippen molar-refractivity contribution in [1.29, 1.82) is 0 Å². The van der Waals surface area contributed by atoms with Crippen LogP contribution in [0.5, 0.6) is 0 Å². The van der Waals surface area contributed by atoms with E-state index in [2.05, 4.69) is 17.7 Å². The van der Waals surface area contributed by atoms with Crippen molar-refractivity contribution in [2.45, 2.75) is 82.9 Å². The minimum absolute atomic E-state index is 0.354. The fourth-order valence-corrected chi connectivity index (χ4v) is 3.90. The number of hydrogen-bond donors (Lipinski definition) is 0. The maximum atomic E-state index is 12.9. The molecule has 7 heteroatoms. The van der Waals surface area contributed by atoms with Crippen LogP contribution in [0.2, 0.25) is 0 Å². The van der Waals surface area contributed by atoms with Gasteiger partial charge in [0.25, 0.3) is 0 Å². The number of alkyl halides is 5. The Kier molecular flexibility index (Phi) is 6.49. The van der Waals surface area contributed by atoms with E-state index in [4.69, 9.17) is 0 Å². The molecule has 2 nitrogen and oxygen atoms in total. The number of carbonyl (C=O) groups excluding carboxylic acids is 1. The molecule has 2 aliphatic rings. The van der Waals surface area contributed by atoms with E-state index in [-0.39, 0.29) is 0 Å². The second-order valence-electron chi connectivity index (χ2n) is 7.16. The molecule has 0 aromatic rings. The maximum absolute atomic E-state index is 12.9. The van der Waals surface area contributed by atoms with Crippen LogP contribution in [0.15, 0.2) is 11.6 Å². The van der Waals surface area contributed by atoms with Gasteiger partial charge in [-0.1, -0.05) is 25.0 Å². The average molecular weight is 368 g/mol. The summed E-state index contributed by atoms with van der Waals surface area (Å²) in [6, 6.07) is 0. The molecule has 0 aliphatic heterocycles. The number of halogens is 5. The Bertz CT molecular complexity index is 490. The van der Waals surface area contributed by atoms with Gasteiger partial charge in [0.15, 0.2) is 0 Å². The number of esters is 1. The summed E-state index contributed by atoms with van der Waals surface area (Å²) < 4.78 is 66.8. The van der Waals surface area contributed by atoms with Crippen molar-refractivity contribution in [3.63, 3.8) is 0 Å². The van der Waals surface area contributed by atoms with Gasteiger partial charge in [0.2, 0.25) is 0 Å². The third-order valence-corrected chi connectivity index (χ3v) is 5.39. The van der Waals surface area contributed by atoms with E-state index in [0.29, 0.717) is 37.5 Å². The third-order valence-electron chi connectivity index (χ3n) is 5.39. The molecule has 0 radical (unpaired) electrons. The Hall–Kier alpha value is -1.14. The molecule has 25 heavy (non-hydrogen) atoms. The molecule has 0 aromatic heterocycles. The van der Waals surface area contributed by atoms with Crippen molar-refractivity contribution in [2.75, 3.05) is 0 Å². The fraction of sp³-hybridized carbons (Fsp3) is 0.833. The highest BCUT2D eigenvalue weighted by molar-refractivity contribution is 5.78. The van der Waals surface area contributed by atoms with Crippen LogP contribution in [0.4, 0.5) is 22.0 Å². The van der Waals surface area contributed by atoms with Crippen LogP contribution in [-0.4, -0.2) is 24.2 Å². The lowest BCUT2D eigenvalue weighted by molar-refractivity contribution is -0.282. The van der Waals surface area contributed by atoms with E-state index in [0.717, 1.165) is 32.1 Å². The molecule has 2 rings (SSSR count). The van der Waals surface area contributed by atoms with Gasteiger partial charge in [-0.2, -0.15) is 22.0 Å². The van der Waals surface area contributed by atoms with Crippen LogP contribution in [0.3, 0.4) is 0 Å². The number of rotatable bonds is 5. The highest BCUT2D eigenvalue weighted by Crippen LogP contribution is 2.41. The van der Waals surface area contributed by atoms with Gasteiger partial charge in [0, 0.05) is 0 Å². The number of carbonyl (C=O) groups is 1. The monoisotopic (exact) mass is 368 g/mol. The Morgan fingerprint density at radius 2 is 1.72 bits per heavy atom. The Balaban J connectivity index is 1.80. The van der Waals surface area contributed by atoms with E-state index in [1.807, 2.05) is 0 Å². The zero-order valence-corrected chi connectivity index (χ0v) is 14.4. The summed E-state index contributed by atoms with van der Waals surface area (Å²) in [5, 5.41) is 0. The smallest absolute Gasteiger partial charge is 0.458 e. The molecular formula is C18H25F5O2. The van der Waals surface area contributed by atoms with Gasteiger partial charge < -0.3 is 4.74 Å². The van der Waals surface area contributed by atoms with Crippen molar-refractivity contribution >= 4 is 5.97 Å². The van der Waals surface area contributed by atoms with E-state index in [1.54, 1.807) is 0 Å². The summed E-state index contributed by atoms with van der Waals surface area (Å²) in [6.45, 7) is 2.15. The van der Waals surface area contributed by atoms with Crippen LogP contribution in [0, 0.1) is 11.8 Å². The van der Waals surface area contributed by atoms with Crippen molar-refractivity contribution in [3.8, 4) is 0 Å².